The minimum atomic E-state index is 0.751. The summed E-state index contributed by atoms with van der Waals surface area (Å²) in [6.45, 7) is 6.56. The molecule has 0 amide bonds. The van der Waals surface area contributed by atoms with Crippen molar-refractivity contribution < 1.29 is 0 Å². The smallest absolute Gasteiger partial charge is 0.211 e. The van der Waals surface area contributed by atoms with E-state index in [1.165, 1.54) is 5.69 Å². The number of aromatic nitrogens is 1. The zero-order valence-electron chi connectivity index (χ0n) is 10.6. The van der Waals surface area contributed by atoms with Crippen molar-refractivity contribution in [2.24, 2.45) is 10.2 Å². The molecule has 2 aromatic rings. The van der Waals surface area contributed by atoms with Crippen molar-refractivity contribution in [3.05, 3.63) is 62.8 Å². The Bertz CT molecular complexity index is 667. The molecule has 1 heterocycles. The molecule has 0 aliphatic heterocycles. The van der Waals surface area contributed by atoms with E-state index in [4.69, 9.17) is 0 Å². The van der Waals surface area contributed by atoms with Crippen molar-refractivity contribution in [3.63, 3.8) is 0 Å². The van der Waals surface area contributed by atoms with Crippen LogP contribution in [0.4, 0.5) is 0 Å². The van der Waals surface area contributed by atoms with Crippen molar-refractivity contribution in [1.29, 1.82) is 0 Å². The van der Waals surface area contributed by atoms with Crippen molar-refractivity contribution in [2.75, 3.05) is 0 Å². The van der Waals surface area contributed by atoms with Crippen LogP contribution < -0.4 is 4.80 Å². The van der Waals surface area contributed by atoms with Crippen LogP contribution in [0.5, 0.6) is 0 Å². The van der Waals surface area contributed by atoms with Gasteiger partial charge in [0.15, 0.2) is 0 Å². The van der Waals surface area contributed by atoms with Gasteiger partial charge in [-0.2, -0.15) is 5.10 Å². The average Bonchev–Trinajstić information content (AvgIpc) is 2.72. The summed E-state index contributed by atoms with van der Waals surface area (Å²) in [4.78, 5) is 0.878. The van der Waals surface area contributed by atoms with Gasteiger partial charge < -0.3 is 4.57 Å². The molecule has 0 fully saturated rings. The second-order valence-corrected chi connectivity index (χ2v) is 5.71. The standard InChI is InChI=1S/C14H14BrN3S/c1-3-7-18-11(2)10-19-14(18)17-16-9-12-5-4-6-13(15)8-12/h3-6,8-10H,1,7H2,2H3. The first-order chi connectivity index (χ1) is 9.20. The Kier molecular flexibility index (Phi) is 4.87. The van der Waals surface area contributed by atoms with E-state index >= 15 is 0 Å². The van der Waals surface area contributed by atoms with Crippen LogP contribution in [0.15, 0.2) is 57.0 Å². The maximum Gasteiger partial charge on any atom is 0.211 e. The molecule has 0 atom stereocenters. The molecule has 98 valence electrons. The number of benzene rings is 1. The third-order valence-electron chi connectivity index (χ3n) is 2.50. The minimum Gasteiger partial charge on any atom is -0.316 e. The first kappa shape index (κ1) is 14.0. The molecule has 0 spiro atoms. The van der Waals surface area contributed by atoms with E-state index in [0.717, 1.165) is 21.4 Å². The molecule has 0 saturated heterocycles. The Hall–Kier alpha value is -1.46. The number of aryl methyl sites for hydroxylation is 1. The molecule has 0 unspecified atom stereocenters. The fourth-order valence-corrected chi connectivity index (χ4v) is 2.84. The Morgan fingerprint density at radius 2 is 2.32 bits per heavy atom. The van der Waals surface area contributed by atoms with E-state index in [2.05, 4.69) is 49.6 Å². The highest BCUT2D eigenvalue weighted by Crippen LogP contribution is 2.09. The van der Waals surface area contributed by atoms with Crippen molar-refractivity contribution >= 4 is 33.5 Å². The number of halogens is 1. The molecule has 0 N–H and O–H groups in total. The highest BCUT2D eigenvalue weighted by molar-refractivity contribution is 9.10. The van der Waals surface area contributed by atoms with Crippen LogP contribution >= 0.6 is 27.3 Å². The third kappa shape index (κ3) is 3.75. The van der Waals surface area contributed by atoms with Crippen LogP contribution in [0.25, 0.3) is 0 Å². The van der Waals surface area contributed by atoms with Crippen molar-refractivity contribution in [1.82, 2.24) is 4.57 Å². The van der Waals surface area contributed by atoms with E-state index in [0.29, 0.717) is 0 Å². The molecule has 19 heavy (non-hydrogen) atoms. The van der Waals surface area contributed by atoms with Crippen LogP contribution in [0.3, 0.4) is 0 Å². The van der Waals surface area contributed by atoms with E-state index in [9.17, 15) is 0 Å². The molecule has 1 aromatic carbocycles. The van der Waals surface area contributed by atoms with Gasteiger partial charge >= 0.3 is 0 Å². The van der Waals surface area contributed by atoms with Crippen LogP contribution in [0.1, 0.15) is 11.3 Å². The summed E-state index contributed by atoms with van der Waals surface area (Å²) in [6.07, 6.45) is 3.61. The first-order valence-electron chi connectivity index (χ1n) is 5.79. The molecule has 1 aromatic heterocycles. The molecule has 0 bridgehead atoms. The molecule has 0 aliphatic rings. The predicted molar refractivity (Wildman–Crippen MR) is 84.5 cm³/mol. The van der Waals surface area contributed by atoms with Crippen molar-refractivity contribution in [3.8, 4) is 0 Å². The van der Waals surface area contributed by atoms with Gasteiger partial charge in [0.05, 0.1) is 6.21 Å². The molecule has 5 heteroatoms. The van der Waals surface area contributed by atoms with E-state index < -0.39 is 0 Å². The van der Waals surface area contributed by atoms with Crippen LogP contribution in [0.2, 0.25) is 0 Å². The lowest BCUT2D eigenvalue weighted by Gasteiger charge is -1.99. The van der Waals surface area contributed by atoms with Gasteiger partial charge in [-0.3, -0.25) is 0 Å². The lowest BCUT2D eigenvalue weighted by atomic mass is 10.2. The molecule has 3 nitrogen and oxygen atoms in total. The quantitative estimate of drug-likeness (QED) is 0.463. The Morgan fingerprint density at radius 1 is 1.47 bits per heavy atom. The summed E-state index contributed by atoms with van der Waals surface area (Å²) in [7, 11) is 0. The number of rotatable bonds is 4. The summed E-state index contributed by atoms with van der Waals surface area (Å²) in [5, 5.41) is 10.5. The topological polar surface area (TPSA) is 29.6 Å². The maximum absolute atomic E-state index is 4.26. The molecule has 0 aliphatic carbocycles. The summed E-state index contributed by atoms with van der Waals surface area (Å²) in [6, 6.07) is 7.94. The highest BCUT2D eigenvalue weighted by Gasteiger charge is 1.97. The van der Waals surface area contributed by atoms with Crippen molar-refractivity contribution in [2.45, 2.75) is 13.5 Å². The Morgan fingerprint density at radius 3 is 3.05 bits per heavy atom. The van der Waals surface area contributed by atoms with Gasteiger partial charge in [-0.25, -0.2) is 0 Å². The van der Waals surface area contributed by atoms with Gasteiger partial charge in [0.1, 0.15) is 0 Å². The van der Waals surface area contributed by atoms with Gasteiger partial charge in [0.2, 0.25) is 4.80 Å². The monoisotopic (exact) mass is 335 g/mol. The fourth-order valence-electron chi connectivity index (χ4n) is 1.58. The molecule has 0 radical (unpaired) electrons. The van der Waals surface area contributed by atoms with Gasteiger partial charge in [0, 0.05) is 22.1 Å². The fraction of sp³-hybridized carbons (Fsp3) is 0.143. The molecule has 0 saturated carbocycles. The average molecular weight is 336 g/mol. The lowest BCUT2D eigenvalue weighted by molar-refractivity contribution is 0.752. The van der Waals surface area contributed by atoms with Gasteiger partial charge in [-0.05, 0) is 24.6 Å². The Labute approximate surface area is 124 Å². The van der Waals surface area contributed by atoms with Gasteiger partial charge in [0.25, 0.3) is 0 Å². The minimum absolute atomic E-state index is 0.751. The first-order valence-corrected chi connectivity index (χ1v) is 7.46. The van der Waals surface area contributed by atoms with E-state index in [-0.39, 0.29) is 0 Å². The number of nitrogens with zero attached hydrogens (tertiary/aromatic N) is 3. The zero-order valence-corrected chi connectivity index (χ0v) is 13.0. The van der Waals surface area contributed by atoms with Gasteiger partial charge in [-0.1, -0.05) is 34.1 Å². The SMILES string of the molecule is C=CCn1c(C)csc1=NN=Cc1cccc(Br)c1. The van der Waals surface area contributed by atoms with E-state index in [1.54, 1.807) is 17.6 Å². The Balaban J connectivity index is 2.25. The molecular weight excluding hydrogens is 322 g/mol. The second-order valence-electron chi connectivity index (χ2n) is 3.96. The van der Waals surface area contributed by atoms with Crippen LogP contribution in [-0.2, 0) is 6.54 Å². The highest BCUT2D eigenvalue weighted by atomic mass is 79.9. The number of hydrogen-bond donors (Lipinski definition) is 0. The zero-order chi connectivity index (χ0) is 13.7. The van der Waals surface area contributed by atoms with Gasteiger partial charge in [-0.15, -0.1) is 23.0 Å². The largest absolute Gasteiger partial charge is 0.316 e. The normalized spacial score (nSPS) is 12.2. The summed E-state index contributed by atoms with van der Waals surface area (Å²) in [5.74, 6) is 0. The predicted octanol–water partition coefficient (Wildman–Crippen LogP) is 3.74. The summed E-state index contributed by atoms with van der Waals surface area (Å²) >= 11 is 5.01. The number of thiazole rings is 1. The van der Waals surface area contributed by atoms with E-state index in [1.807, 2.05) is 30.3 Å². The number of hydrogen-bond acceptors (Lipinski definition) is 3. The maximum atomic E-state index is 4.26. The lowest BCUT2D eigenvalue weighted by Crippen LogP contribution is -2.14. The van der Waals surface area contributed by atoms with Crippen LogP contribution in [0, 0.1) is 6.92 Å². The third-order valence-corrected chi connectivity index (χ3v) is 3.97. The molecule has 2 rings (SSSR count). The summed E-state index contributed by atoms with van der Waals surface area (Å²) in [5.41, 5.74) is 2.18. The van der Waals surface area contributed by atoms with Crippen LogP contribution in [-0.4, -0.2) is 10.8 Å². The second kappa shape index (κ2) is 6.63. The summed E-state index contributed by atoms with van der Waals surface area (Å²) < 4.78 is 3.11. The molecular formula is C14H14BrN3S. The number of allylic oxidation sites excluding steroid dienone is 1.